The molecule has 0 saturated heterocycles. The molecule has 0 N–H and O–H groups in total. The van der Waals surface area contributed by atoms with Crippen LogP contribution in [0, 0.1) is 5.82 Å². The van der Waals surface area contributed by atoms with Crippen molar-refractivity contribution >= 4 is 15.9 Å². The number of rotatable bonds is 3. The Balaban J connectivity index is 2.37. The highest BCUT2D eigenvalue weighted by Gasteiger charge is 2.09. The van der Waals surface area contributed by atoms with E-state index in [0.717, 1.165) is 0 Å². The molecule has 0 saturated carbocycles. The quantitative estimate of drug-likeness (QED) is 0.811. The van der Waals surface area contributed by atoms with E-state index in [-0.39, 0.29) is 5.75 Å². The zero-order valence-corrected chi connectivity index (χ0v) is 10.1. The molecule has 1 heterocycles. The molecule has 0 aliphatic carbocycles. The second kappa shape index (κ2) is 4.65. The number of hydrogen-bond donors (Lipinski definition) is 0. The third-order valence-corrected chi connectivity index (χ3v) is 2.69. The molecule has 2 aromatic rings. The molecule has 0 unspecified atom stereocenters. The smallest absolute Gasteiger partial charge is 0.165 e. The summed E-state index contributed by atoms with van der Waals surface area (Å²) in [6.45, 7) is 0. The van der Waals surface area contributed by atoms with Crippen molar-refractivity contribution < 1.29 is 13.7 Å². The summed E-state index contributed by atoms with van der Waals surface area (Å²) in [7, 11) is 1.43. The van der Waals surface area contributed by atoms with Crippen LogP contribution >= 0.6 is 15.9 Å². The Morgan fingerprint density at radius 3 is 2.81 bits per heavy atom. The van der Waals surface area contributed by atoms with Crippen LogP contribution in [-0.2, 0) is 5.33 Å². The fourth-order valence-corrected chi connectivity index (χ4v) is 1.60. The molecule has 0 aliphatic rings. The first-order chi connectivity index (χ1) is 7.74. The number of hydrogen-bond acceptors (Lipinski definition) is 3. The molecule has 5 heteroatoms. The topological polar surface area (TPSA) is 35.3 Å². The Kier molecular flexibility index (Phi) is 3.24. The van der Waals surface area contributed by atoms with Gasteiger partial charge in [-0.2, -0.15) is 0 Å². The molecular weight excluding hydrogens is 277 g/mol. The van der Waals surface area contributed by atoms with E-state index >= 15 is 0 Å². The molecule has 16 heavy (non-hydrogen) atoms. The maximum atomic E-state index is 13.4. The molecule has 0 radical (unpaired) electrons. The molecule has 0 fully saturated rings. The summed E-state index contributed by atoms with van der Waals surface area (Å²) in [5, 5.41) is 4.42. The van der Waals surface area contributed by atoms with Gasteiger partial charge in [-0.25, -0.2) is 4.39 Å². The third-order valence-electron chi connectivity index (χ3n) is 2.14. The van der Waals surface area contributed by atoms with Crippen LogP contribution in [0.1, 0.15) is 5.76 Å². The van der Waals surface area contributed by atoms with E-state index in [1.165, 1.54) is 13.2 Å². The number of ether oxygens (including phenoxy) is 1. The SMILES string of the molecule is COc1ccc(-c2cc(CBr)on2)cc1F. The Labute approximate surface area is 100 Å². The molecular formula is C11H9BrFNO2. The number of alkyl halides is 1. The zero-order valence-electron chi connectivity index (χ0n) is 8.54. The Hall–Kier alpha value is -1.36. The molecule has 0 bridgehead atoms. The lowest BCUT2D eigenvalue weighted by Gasteiger charge is -2.02. The number of methoxy groups -OCH3 is 1. The molecule has 3 nitrogen and oxygen atoms in total. The van der Waals surface area contributed by atoms with E-state index in [1.54, 1.807) is 18.2 Å². The van der Waals surface area contributed by atoms with Crippen LogP contribution in [0.15, 0.2) is 28.8 Å². The van der Waals surface area contributed by atoms with Crippen molar-refractivity contribution in [3.63, 3.8) is 0 Å². The van der Waals surface area contributed by atoms with E-state index in [4.69, 9.17) is 9.26 Å². The highest BCUT2D eigenvalue weighted by Crippen LogP contribution is 2.25. The summed E-state index contributed by atoms with van der Waals surface area (Å²) >= 11 is 3.25. The van der Waals surface area contributed by atoms with Crippen LogP contribution in [0.2, 0.25) is 0 Å². The van der Waals surface area contributed by atoms with Gasteiger partial charge >= 0.3 is 0 Å². The molecule has 84 valence electrons. The highest BCUT2D eigenvalue weighted by molar-refractivity contribution is 9.08. The van der Waals surface area contributed by atoms with Crippen molar-refractivity contribution in [2.75, 3.05) is 7.11 Å². The average molecular weight is 286 g/mol. The van der Waals surface area contributed by atoms with Crippen LogP contribution in [0.3, 0.4) is 0 Å². The molecule has 0 amide bonds. The molecule has 1 aromatic carbocycles. The van der Waals surface area contributed by atoms with Crippen molar-refractivity contribution in [3.8, 4) is 17.0 Å². The summed E-state index contributed by atoms with van der Waals surface area (Å²) in [6.07, 6.45) is 0. The number of aromatic nitrogens is 1. The third kappa shape index (κ3) is 2.09. The Morgan fingerprint density at radius 1 is 1.44 bits per heavy atom. The second-order valence-electron chi connectivity index (χ2n) is 3.16. The minimum atomic E-state index is -0.414. The maximum absolute atomic E-state index is 13.4. The lowest BCUT2D eigenvalue weighted by atomic mass is 10.1. The maximum Gasteiger partial charge on any atom is 0.165 e. The molecule has 1 aromatic heterocycles. The summed E-state index contributed by atoms with van der Waals surface area (Å²) in [6, 6.07) is 6.43. The van der Waals surface area contributed by atoms with E-state index < -0.39 is 5.82 Å². The number of halogens is 2. The predicted octanol–water partition coefficient (Wildman–Crippen LogP) is 3.38. The lowest BCUT2D eigenvalue weighted by Crippen LogP contribution is -1.88. The number of nitrogens with zero attached hydrogens (tertiary/aromatic N) is 1. The summed E-state index contributed by atoms with van der Waals surface area (Å²) in [5.74, 6) is 0.502. The van der Waals surface area contributed by atoms with Gasteiger partial charge in [0.1, 0.15) is 11.5 Å². The highest BCUT2D eigenvalue weighted by atomic mass is 79.9. The van der Waals surface area contributed by atoms with Crippen molar-refractivity contribution in [2.24, 2.45) is 0 Å². The van der Waals surface area contributed by atoms with Gasteiger partial charge in [0.25, 0.3) is 0 Å². The van der Waals surface area contributed by atoms with Gasteiger partial charge in [0, 0.05) is 11.6 Å². The minimum absolute atomic E-state index is 0.216. The van der Waals surface area contributed by atoms with Gasteiger partial charge < -0.3 is 9.26 Å². The van der Waals surface area contributed by atoms with E-state index in [2.05, 4.69) is 21.1 Å². The number of benzene rings is 1. The van der Waals surface area contributed by atoms with Gasteiger partial charge in [-0.05, 0) is 18.2 Å². The van der Waals surface area contributed by atoms with Gasteiger partial charge in [-0.3, -0.25) is 0 Å². The fraction of sp³-hybridized carbons (Fsp3) is 0.182. The molecule has 0 aliphatic heterocycles. The summed E-state index contributed by atoms with van der Waals surface area (Å²) in [5.41, 5.74) is 1.27. The van der Waals surface area contributed by atoms with Crippen LogP contribution < -0.4 is 4.74 Å². The fourth-order valence-electron chi connectivity index (χ4n) is 1.34. The Morgan fingerprint density at radius 2 is 2.25 bits per heavy atom. The largest absolute Gasteiger partial charge is 0.494 e. The second-order valence-corrected chi connectivity index (χ2v) is 3.72. The standard InChI is InChI=1S/C11H9BrFNO2/c1-15-11-3-2-7(4-9(11)13)10-5-8(6-12)16-14-10/h2-5H,6H2,1H3. The van der Waals surface area contributed by atoms with E-state index in [0.29, 0.717) is 22.3 Å². The van der Waals surface area contributed by atoms with Crippen molar-refractivity contribution in [2.45, 2.75) is 5.33 Å². The van der Waals surface area contributed by atoms with Crippen molar-refractivity contribution in [3.05, 3.63) is 35.8 Å². The Bertz CT molecular complexity index is 498. The monoisotopic (exact) mass is 285 g/mol. The van der Waals surface area contributed by atoms with Crippen LogP contribution in [0.25, 0.3) is 11.3 Å². The first-order valence-corrected chi connectivity index (χ1v) is 5.72. The first-order valence-electron chi connectivity index (χ1n) is 4.60. The minimum Gasteiger partial charge on any atom is -0.494 e. The summed E-state index contributed by atoms with van der Waals surface area (Å²) in [4.78, 5) is 0. The van der Waals surface area contributed by atoms with E-state index in [1.807, 2.05) is 0 Å². The van der Waals surface area contributed by atoms with Gasteiger partial charge in [0.2, 0.25) is 0 Å². The normalized spacial score (nSPS) is 10.4. The van der Waals surface area contributed by atoms with Crippen LogP contribution in [0.4, 0.5) is 4.39 Å². The van der Waals surface area contributed by atoms with Gasteiger partial charge in [-0.1, -0.05) is 21.1 Å². The molecule has 2 rings (SSSR count). The van der Waals surface area contributed by atoms with Gasteiger partial charge in [-0.15, -0.1) is 0 Å². The van der Waals surface area contributed by atoms with Crippen molar-refractivity contribution in [1.82, 2.24) is 5.16 Å². The van der Waals surface area contributed by atoms with Crippen LogP contribution in [0.5, 0.6) is 5.75 Å². The van der Waals surface area contributed by atoms with Crippen LogP contribution in [-0.4, -0.2) is 12.3 Å². The van der Waals surface area contributed by atoms with Gasteiger partial charge in [0.15, 0.2) is 11.6 Å². The average Bonchev–Trinajstić information content (AvgIpc) is 2.77. The predicted molar refractivity (Wildman–Crippen MR) is 61.1 cm³/mol. The molecule has 0 atom stereocenters. The lowest BCUT2D eigenvalue weighted by molar-refractivity contribution is 0.386. The van der Waals surface area contributed by atoms with E-state index in [9.17, 15) is 4.39 Å². The van der Waals surface area contributed by atoms with Crippen molar-refractivity contribution in [1.29, 1.82) is 0 Å². The zero-order chi connectivity index (χ0) is 11.5. The summed E-state index contributed by atoms with van der Waals surface area (Å²) < 4.78 is 23.3. The molecule has 0 spiro atoms. The van der Waals surface area contributed by atoms with Gasteiger partial charge in [0.05, 0.1) is 12.4 Å². The first kappa shape index (κ1) is 11.1.